The van der Waals surface area contributed by atoms with E-state index >= 15 is 0 Å². The van der Waals surface area contributed by atoms with Crippen molar-refractivity contribution in [2.24, 2.45) is 23.7 Å². The van der Waals surface area contributed by atoms with Crippen LogP contribution in [0.1, 0.15) is 66.2 Å². The van der Waals surface area contributed by atoms with E-state index in [1.165, 1.54) is 12.0 Å². The lowest BCUT2D eigenvalue weighted by atomic mass is 9.74. The van der Waals surface area contributed by atoms with E-state index in [1.807, 2.05) is 0 Å². The first-order chi connectivity index (χ1) is 16.1. The average molecular weight is 487 g/mol. The molecule has 0 aromatic rings. The SMILES string of the molecule is CCOC(=O)N1CC[C@H](CC(=O)O[C@@H]2C[C@H](C)CC[C@H]2C(C)C)[C@](CCOCOC)([N+](=O)[O-])C1. The van der Waals surface area contributed by atoms with Gasteiger partial charge < -0.3 is 23.8 Å². The highest BCUT2D eigenvalue weighted by Crippen LogP contribution is 2.39. The molecule has 34 heavy (non-hydrogen) atoms. The summed E-state index contributed by atoms with van der Waals surface area (Å²) in [4.78, 5) is 38.8. The molecule has 0 unspecified atom stereocenters. The Balaban J connectivity index is 2.17. The minimum absolute atomic E-state index is 0.0124. The first-order valence-electron chi connectivity index (χ1n) is 12.5. The number of piperidine rings is 1. The first kappa shape index (κ1) is 28.3. The van der Waals surface area contributed by atoms with E-state index in [-0.39, 0.29) is 50.4 Å². The third-order valence-electron chi connectivity index (χ3n) is 7.40. The molecule has 5 atom stereocenters. The van der Waals surface area contributed by atoms with E-state index in [0.29, 0.717) is 30.7 Å². The van der Waals surface area contributed by atoms with Crippen LogP contribution in [0.15, 0.2) is 0 Å². The number of carbonyl (C=O) groups is 2. The van der Waals surface area contributed by atoms with Gasteiger partial charge in [-0.1, -0.05) is 27.2 Å². The maximum Gasteiger partial charge on any atom is 0.409 e. The van der Waals surface area contributed by atoms with Crippen LogP contribution in [0.25, 0.3) is 0 Å². The summed E-state index contributed by atoms with van der Waals surface area (Å²) in [6.45, 7) is 8.57. The number of esters is 1. The summed E-state index contributed by atoms with van der Waals surface area (Å²) < 4.78 is 21.3. The summed E-state index contributed by atoms with van der Waals surface area (Å²) in [7, 11) is 1.47. The Morgan fingerprint density at radius 1 is 1.24 bits per heavy atom. The number of hydrogen-bond donors (Lipinski definition) is 0. The molecule has 1 aliphatic heterocycles. The van der Waals surface area contributed by atoms with Gasteiger partial charge in [0.2, 0.25) is 5.54 Å². The summed E-state index contributed by atoms with van der Waals surface area (Å²) in [5.41, 5.74) is -1.53. The summed E-state index contributed by atoms with van der Waals surface area (Å²) in [6, 6.07) is 0. The van der Waals surface area contributed by atoms with Crippen LogP contribution in [0, 0.1) is 33.8 Å². The molecule has 196 valence electrons. The van der Waals surface area contributed by atoms with Gasteiger partial charge in [0.05, 0.1) is 26.2 Å². The number of rotatable bonds is 11. The van der Waals surface area contributed by atoms with Crippen LogP contribution >= 0.6 is 0 Å². The molecule has 0 radical (unpaired) electrons. The Morgan fingerprint density at radius 3 is 2.59 bits per heavy atom. The molecule has 1 aliphatic carbocycles. The maximum atomic E-state index is 13.1. The van der Waals surface area contributed by atoms with E-state index in [1.54, 1.807) is 6.92 Å². The van der Waals surface area contributed by atoms with Crippen LogP contribution in [0.2, 0.25) is 0 Å². The van der Waals surface area contributed by atoms with Crippen molar-refractivity contribution in [3.05, 3.63) is 10.1 Å². The molecule has 0 aromatic carbocycles. The lowest BCUT2D eigenvalue weighted by Gasteiger charge is -2.42. The predicted molar refractivity (Wildman–Crippen MR) is 125 cm³/mol. The van der Waals surface area contributed by atoms with Gasteiger partial charge in [0, 0.05) is 30.9 Å². The van der Waals surface area contributed by atoms with E-state index in [4.69, 9.17) is 18.9 Å². The van der Waals surface area contributed by atoms with Crippen molar-refractivity contribution in [3.63, 3.8) is 0 Å². The average Bonchev–Trinajstić information content (AvgIpc) is 2.77. The smallest absolute Gasteiger partial charge is 0.409 e. The number of carbonyl (C=O) groups excluding carboxylic acids is 2. The van der Waals surface area contributed by atoms with Gasteiger partial charge in [-0.2, -0.15) is 0 Å². The molecular weight excluding hydrogens is 444 g/mol. The Morgan fingerprint density at radius 2 is 1.97 bits per heavy atom. The number of amides is 1. The summed E-state index contributed by atoms with van der Waals surface area (Å²) in [5, 5.41) is 12.4. The second kappa shape index (κ2) is 13.2. The Hall–Kier alpha value is -1.94. The van der Waals surface area contributed by atoms with E-state index < -0.39 is 23.5 Å². The zero-order valence-electron chi connectivity index (χ0n) is 21.3. The van der Waals surface area contributed by atoms with Crippen molar-refractivity contribution in [1.82, 2.24) is 4.90 Å². The zero-order chi connectivity index (χ0) is 25.3. The fraction of sp³-hybridized carbons (Fsp3) is 0.917. The number of nitro groups is 1. The molecule has 0 spiro atoms. The number of methoxy groups -OCH3 is 1. The topological polar surface area (TPSA) is 117 Å². The van der Waals surface area contributed by atoms with Crippen molar-refractivity contribution in [3.8, 4) is 0 Å². The van der Waals surface area contributed by atoms with E-state index in [9.17, 15) is 19.7 Å². The molecule has 1 heterocycles. The molecule has 0 bridgehead atoms. The first-order valence-corrected chi connectivity index (χ1v) is 12.5. The number of hydrogen-bond acceptors (Lipinski definition) is 8. The number of ether oxygens (including phenoxy) is 4. The highest BCUT2D eigenvalue weighted by Gasteiger charge is 2.55. The van der Waals surface area contributed by atoms with Crippen molar-refractivity contribution in [2.75, 3.05) is 40.2 Å². The van der Waals surface area contributed by atoms with Gasteiger partial charge in [0.25, 0.3) is 0 Å². The normalized spacial score (nSPS) is 29.6. The van der Waals surface area contributed by atoms with Crippen molar-refractivity contribution in [1.29, 1.82) is 0 Å². The van der Waals surface area contributed by atoms with Crippen LogP contribution in [-0.2, 0) is 23.7 Å². The minimum atomic E-state index is -1.53. The van der Waals surface area contributed by atoms with Gasteiger partial charge in [0.1, 0.15) is 12.9 Å². The van der Waals surface area contributed by atoms with Crippen LogP contribution in [0.4, 0.5) is 4.79 Å². The monoisotopic (exact) mass is 486 g/mol. The lowest BCUT2D eigenvalue weighted by molar-refractivity contribution is -0.586. The Kier molecular flexibility index (Phi) is 11.0. The predicted octanol–water partition coefficient (Wildman–Crippen LogP) is 3.89. The molecular formula is C24H42N2O8. The standard InChI is InChI=1S/C24H42N2O8/c1-6-33-23(28)25-11-9-19(24(15-25,26(29)30)10-12-32-16-31-5)14-22(27)34-21-13-18(4)7-8-20(21)17(2)3/h17-21H,6-16H2,1-5H3/t18-,19-,20+,21-,24-/m1/s1. The largest absolute Gasteiger partial charge is 0.462 e. The summed E-state index contributed by atoms with van der Waals surface area (Å²) in [6.07, 6.45) is 2.52. The highest BCUT2D eigenvalue weighted by molar-refractivity contribution is 5.71. The molecule has 2 fully saturated rings. The third-order valence-corrected chi connectivity index (χ3v) is 7.40. The second-order valence-electron chi connectivity index (χ2n) is 10.1. The van der Waals surface area contributed by atoms with Gasteiger partial charge in [-0.25, -0.2) is 4.79 Å². The van der Waals surface area contributed by atoms with Gasteiger partial charge >= 0.3 is 12.1 Å². The lowest BCUT2D eigenvalue weighted by Crippen LogP contribution is -2.60. The van der Waals surface area contributed by atoms with Crippen LogP contribution in [0.3, 0.4) is 0 Å². The van der Waals surface area contributed by atoms with Crippen LogP contribution in [0.5, 0.6) is 0 Å². The maximum absolute atomic E-state index is 13.1. The van der Waals surface area contributed by atoms with Gasteiger partial charge in [-0.3, -0.25) is 14.9 Å². The molecule has 1 amide bonds. The van der Waals surface area contributed by atoms with Crippen molar-refractivity contribution >= 4 is 12.1 Å². The zero-order valence-corrected chi connectivity index (χ0v) is 21.3. The third kappa shape index (κ3) is 7.28. The highest BCUT2D eigenvalue weighted by atomic mass is 16.7. The summed E-state index contributed by atoms with van der Waals surface area (Å²) >= 11 is 0. The number of likely N-dealkylation sites (tertiary alicyclic amines) is 1. The Bertz CT molecular complexity index is 688. The van der Waals surface area contributed by atoms with E-state index in [0.717, 1.165) is 19.3 Å². The molecule has 0 aromatic heterocycles. The molecule has 1 saturated carbocycles. The van der Waals surface area contributed by atoms with Crippen molar-refractivity contribution in [2.45, 2.75) is 77.9 Å². The van der Waals surface area contributed by atoms with E-state index in [2.05, 4.69) is 20.8 Å². The molecule has 0 N–H and O–H groups in total. The van der Waals surface area contributed by atoms with Crippen molar-refractivity contribution < 1.29 is 33.5 Å². The second-order valence-corrected chi connectivity index (χ2v) is 10.1. The quantitative estimate of drug-likeness (QED) is 0.142. The summed E-state index contributed by atoms with van der Waals surface area (Å²) in [5.74, 6) is 0.201. The van der Waals surface area contributed by atoms with Gasteiger partial charge in [-0.05, 0) is 43.9 Å². The minimum Gasteiger partial charge on any atom is -0.462 e. The number of nitrogens with zero attached hydrogens (tertiary/aromatic N) is 2. The molecule has 2 rings (SSSR count). The van der Waals surface area contributed by atoms with Gasteiger partial charge in [0.15, 0.2) is 0 Å². The van der Waals surface area contributed by atoms with Crippen LogP contribution in [-0.4, -0.2) is 73.7 Å². The fourth-order valence-electron chi connectivity index (χ4n) is 5.42. The molecule has 10 nitrogen and oxygen atoms in total. The molecule has 2 aliphatic rings. The molecule has 1 saturated heterocycles. The van der Waals surface area contributed by atoms with Crippen LogP contribution < -0.4 is 0 Å². The fourth-order valence-corrected chi connectivity index (χ4v) is 5.42. The Labute approximate surface area is 202 Å². The molecule has 10 heteroatoms. The van der Waals surface area contributed by atoms with Gasteiger partial charge in [-0.15, -0.1) is 0 Å².